The van der Waals surface area contributed by atoms with Gasteiger partial charge in [-0.2, -0.15) is 0 Å². The molecule has 0 saturated heterocycles. The van der Waals surface area contributed by atoms with Crippen LogP contribution in [0.25, 0.3) is 0 Å². The number of thiophene rings is 1. The number of carbonyl (C=O) groups is 1. The Kier molecular flexibility index (Phi) is 4.18. The van der Waals surface area contributed by atoms with Crippen LogP contribution in [0, 0.1) is 0 Å². The van der Waals surface area contributed by atoms with Crippen LogP contribution in [0.5, 0.6) is 0 Å². The van der Waals surface area contributed by atoms with Crippen LogP contribution < -0.4 is 5.73 Å². The van der Waals surface area contributed by atoms with Crippen molar-refractivity contribution >= 4 is 22.1 Å². The Balaban J connectivity index is 1.99. The largest absolute Gasteiger partial charge is 0.390 e. The minimum atomic E-state index is 0.196. The van der Waals surface area contributed by atoms with Crippen molar-refractivity contribution in [2.45, 2.75) is 39.0 Å². The van der Waals surface area contributed by atoms with E-state index in [1.54, 1.807) is 11.3 Å². The Morgan fingerprint density at radius 1 is 1.47 bits per heavy atom. The number of fused-ring (bicyclic) bond motifs is 1. The lowest BCUT2D eigenvalue weighted by Gasteiger charge is -2.03. The van der Waals surface area contributed by atoms with Crippen LogP contribution in [0.1, 0.15) is 47.0 Å². The number of Topliss-reactive ketones (excluding diaryl/α,β-unsaturated/α-hetero) is 1. The maximum absolute atomic E-state index is 12.1. The van der Waals surface area contributed by atoms with Gasteiger partial charge in [-0.05, 0) is 38.2 Å². The van der Waals surface area contributed by atoms with E-state index in [0.717, 1.165) is 29.8 Å². The van der Waals surface area contributed by atoms with Gasteiger partial charge in [0.15, 0.2) is 5.78 Å². The Hall–Kier alpha value is -0.870. The van der Waals surface area contributed by atoms with E-state index in [9.17, 15) is 4.79 Å². The van der Waals surface area contributed by atoms with Gasteiger partial charge < -0.3 is 10.5 Å². The second-order valence-electron chi connectivity index (χ2n) is 4.32. The number of nitrogen functional groups attached to an aromatic ring is 1. The third-order valence-corrected chi connectivity index (χ3v) is 4.24. The molecular formula is C13H19NO2S. The predicted octanol–water partition coefficient (Wildman–Crippen LogP) is 2.82. The molecule has 1 aromatic rings. The number of hydrogen-bond donors (Lipinski definition) is 1. The molecule has 0 bridgehead atoms. The summed E-state index contributed by atoms with van der Waals surface area (Å²) in [5.41, 5.74) is 8.00. The highest BCUT2D eigenvalue weighted by Gasteiger charge is 2.24. The fourth-order valence-electron chi connectivity index (χ4n) is 2.34. The fourth-order valence-corrected chi connectivity index (χ4v) is 3.51. The van der Waals surface area contributed by atoms with Crippen molar-refractivity contribution in [2.75, 3.05) is 18.9 Å². The summed E-state index contributed by atoms with van der Waals surface area (Å²) >= 11 is 1.60. The fraction of sp³-hybridized carbons (Fsp3) is 0.615. The van der Waals surface area contributed by atoms with Gasteiger partial charge in [-0.15, -0.1) is 11.3 Å². The molecule has 0 amide bonds. The summed E-state index contributed by atoms with van der Waals surface area (Å²) in [6.45, 7) is 3.34. The lowest BCUT2D eigenvalue weighted by atomic mass is 10.0. The van der Waals surface area contributed by atoms with Gasteiger partial charge in [-0.3, -0.25) is 4.79 Å². The molecule has 2 rings (SSSR count). The molecule has 17 heavy (non-hydrogen) atoms. The Morgan fingerprint density at radius 3 is 3.06 bits per heavy atom. The zero-order valence-corrected chi connectivity index (χ0v) is 11.1. The first kappa shape index (κ1) is 12.6. The summed E-state index contributed by atoms with van der Waals surface area (Å²) in [5, 5.41) is 0.719. The summed E-state index contributed by atoms with van der Waals surface area (Å²) in [4.78, 5) is 13.4. The smallest absolute Gasteiger partial charge is 0.166 e. The van der Waals surface area contributed by atoms with Crippen LogP contribution >= 0.6 is 11.3 Å². The topological polar surface area (TPSA) is 52.3 Å². The van der Waals surface area contributed by atoms with E-state index < -0.39 is 0 Å². The highest BCUT2D eigenvalue weighted by molar-refractivity contribution is 7.16. The van der Waals surface area contributed by atoms with E-state index in [1.165, 1.54) is 16.9 Å². The second-order valence-corrected chi connectivity index (χ2v) is 5.46. The molecule has 94 valence electrons. The van der Waals surface area contributed by atoms with E-state index in [2.05, 4.69) is 0 Å². The van der Waals surface area contributed by atoms with Gasteiger partial charge in [0.1, 0.15) is 0 Å². The minimum Gasteiger partial charge on any atom is -0.390 e. The SMILES string of the molecule is CCOCCCC(=O)c1c(N)sc2c1CCC2. The molecule has 1 aliphatic carbocycles. The van der Waals surface area contributed by atoms with Crippen molar-refractivity contribution in [3.8, 4) is 0 Å². The zero-order valence-electron chi connectivity index (χ0n) is 10.3. The molecule has 2 N–H and O–H groups in total. The molecule has 1 heterocycles. The molecule has 0 spiro atoms. The number of nitrogens with two attached hydrogens (primary N) is 1. The van der Waals surface area contributed by atoms with E-state index in [0.29, 0.717) is 19.6 Å². The first-order valence-electron chi connectivity index (χ1n) is 6.25. The average molecular weight is 253 g/mol. The lowest BCUT2D eigenvalue weighted by Crippen LogP contribution is -2.05. The highest BCUT2D eigenvalue weighted by Crippen LogP contribution is 2.37. The van der Waals surface area contributed by atoms with E-state index >= 15 is 0 Å². The molecule has 0 saturated carbocycles. The minimum absolute atomic E-state index is 0.196. The third-order valence-electron chi connectivity index (χ3n) is 3.12. The van der Waals surface area contributed by atoms with E-state index in [1.807, 2.05) is 6.92 Å². The lowest BCUT2D eigenvalue weighted by molar-refractivity contribution is 0.0947. The van der Waals surface area contributed by atoms with Crippen LogP contribution in [0.15, 0.2) is 0 Å². The molecule has 0 fully saturated rings. The number of anilines is 1. The van der Waals surface area contributed by atoms with Gasteiger partial charge in [0.25, 0.3) is 0 Å². The van der Waals surface area contributed by atoms with Gasteiger partial charge in [-0.1, -0.05) is 0 Å². The van der Waals surface area contributed by atoms with Crippen LogP contribution in [0.4, 0.5) is 5.00 Å². The van der Waals surface area contributed by atoms with Crippen LogP contribution in [0.2, 0.25) is 0 Å². The van der Waals surface area contributed by atoms with E-state index in [4.69, 9.17) is 10.5 Å². The summed E-state index contributed by atoms with van der Waals surface area (Å²) in [6, 6.07) is 0. The molecule has 0 aromatic carbocycles. The highest BCUT2D eigenvalue weighted by atomic mass is 32.1. The second kappa shape index (κ2) is 5.65. The Morgan fingerprint density at radius 2 is 2.29 bits per heavy atom. The van der Waals surface area contributed by atoms with Crippen molar-refractivity contribution in [1.29, 1.82) is 0 Å². The summed E-state index contributed by atoms with van der Waals surface area (Å²) in [6.07, 6.45) is 4.62. The number of ether oxygens (including phenoxy) is 1. The zero-order chi connectivity index (χ0) is 12.3. The number of hydrogen-bond acceptors (Lipinski definition) is 4. The number of ketones is 1. The first-order valence-corrected chi connectivity index (χ1v) is 7.06. The number of carbonyl (C=O) groups excluding carboxylic acids is 1. The van der Waals surface area contributed by atoms with Crippen molar-refractivity contribution in [1.82, 2.24) is 0 Å². The van der Waals surface area contributed by atoms with Gasteiger partial charge in [0, 0.05) is 24.5 Å². The normalized spacial score (nSPS) is 13.9. The maximum atomic E-state index is 12.1. The standard InChI is InChI=1S/C13H19NO2S/c1-2-16-8-4-6-10(15)12-9-5-3-7-11(9)17-13(12)14/h2-8,14H2,1H3. The van der Waals surface area contributed by atoms with Gasteiger partial charge in [0.05, 0.1) is 10.6 Å². The molecule has 1 aliphatic rings. The van der Waals surface area contributed by atoms with Crippen molar-refractivity contribution in [2.24, 2.45) is 0 Å². The molecule has 0 radical (unpaired) electrons. The molecule has 0 atom stereocenters. The molecule has 3 nitrogen and oxygen atoms in total. The molecule has 0 aliphatic heterocycles. The van der Waals surface area contributed by atoms with Gasteiger partial charge in [-0.25, -0.2) is 0 Å². The van der Waals surface area contributed by atoms with Crippen molar-refractivity contribution in [3.05, 3.63) is 16.0 Å². The summed E-state index contributed by atoms with van der Waals surface area (Å²) in [5.74, 6) is 0.196. The van der Waals surface area contributed by atoms with Crippen molar-refractivity contribution in [3.63, 3.8) is 0 Å². The number of rotatable bonds is 6. The van der Waals surface area contributed by atoms with Gasteiger partial charge in [0.2, 0.25) is 0 Å². The maximum Gasteiger partial charge on any atom is 0.166 e. The van der Waals surface area contributed by atoms with Gasteiger partial charge >= 0.3 is 0 Å². The summed E-state index contributed by atoms with van der Waals surface area (Å²) < 4.78 is 5.24. The van der Waals surface area contributed by atoms with Crippen LogP contribution in [-0.2, 0) is 17.6 Å². The Bertz CT molecular complexity index is 412. The Labute approximate surface area is 106 Å². The summed E-state index contributed by atoms with van der Waals surface area (Å²) in [7, 11) is 0. The predicted molar refractivity (Wildman–Crippen MR) is 70.8 cm³/mol. The number of aryl methyl sites for hydroxylation is 1. The van der Waals surface area contributed by atoms with Crippen LogP contribution in [0.3, 0.4) is 0 Å². The van der Waals surface area contributed by atoms with Crippen LogP contribution in [-0.4, -0.2) is 19.0 Å². The van der Waals surface area contributed by atoms with E-state index in [-0.39, 0.29) is 5.78 Å². The quantitative estimate of drug-likeness (QED) is 0.626. The monoisotopic (exact) mass is 253 g/mol. The van der Waals surface area contributed by atoms with Crippen molar-refractivity contribution < 1.29 is 9.53 Å². The molecular weight excluding hydrogens is 234 g/mol. The third kappa shape index (κ3) is 2.69. The first-order chi connectivity index (χ1) is 8.24. The molecule has 0 unspecified atom stereocenters. The molecule has 1 aromatic heterocycles. The average Bonchev–Trinajstić information content (AvgIpc) is 2.83. The molecule has 4 heteroatoms.